The molecule has 621 valence electrons. The predicted molar refractivity (Wildman–Crippen MR) is 411 cm³/mol. The van der Waals surface area contributed by atoms with Gasteiger partial charge in [-0.25, -0.2) is 87.9 Å². The molecule has 0 bridgehead atoms. The predicted octanol–water partition coefficient (Wildman–Crippen LogP) is 2.39. The van der Waals surface area contributed by atoms with Gasteiger partial charge in [-0.2, -0.15) is 45.9 Å². The molecule has 114 heavy (non-hydrogen) atoms. The second kappa shape index (κ2) is 56.9. The third-order valence-corrected chi connectivity index (χ3v) is 25.4. The van der Waals surface area contributed by atoms with Gasteiger partial charge in [0.05, 0.1) is 143 Å². The Balaban J connectivity index is -0.00000140. The minimum atomic E-state index is -2.72. The van der Waals surface area contributed by atoms with Crippen molar-refractivity contribution in [2.24, 2.45) is 45.9 Å². The van der Waals surface area contributed by atoms with Crippen molar-refractivity contribution in [3.63, 3.8) is 0 Å². The topological polar surface area (TPSA) is 796 Å². The first-order valence-corrected chi connectivity index (χ1v) is 36.5. The van der Waals surface area contributed by atoms with E-state index in [4.69, 9.17) is 127 Å². The minimum Gasteiger partial charge on any atom is -0.356 e. The van der Waals surface area contributed by atoms with Crippen LogP contribution in [-0.2, 0) is 85.8 Å². The molecule has 0 aliphatic rings. The van der Waals surface area contributed by atoms with Crippen LogP contribution in [0.15, 0.2) is 159 Å². The maximum Gasteiger partial charge on any atom is 2.00 e. The average Bonchev–Trinajstić information content (AvgIpc) is 1.05. The van der Waals surface area contributed by atoms with Crippen molar-refractivity contribution in [3.05, 3.63) is 256 Å². The van der Waals surface area contributed by atoms with Crippen LogP contribution in [0.2, 0.25) is 0 Å². The van der Waals surface area contributed by atoms with Crippen molar-refractivity contribution in [2.45, 2.75) is 0 Å². The Morgan fingerprint density at radius 3 is 0.386 bits per heavy atom. The van der Waals surface area contributed by atoms with E-state index in [1.807, 2.05) is 0 Å². The second-order valence-corrected chi connectivity index (χ2v) is 31.1. The van der Waals surface area contributed by atoms with Crippen LogP contribution in [-0.4, -0.2) is 283 Å². The van der Waals surface area contributed by atoms with Gasteiger partial charge in [-0.3, -0.25) is 0 Å². The van der Waals surface area contributed by atoms with Crippen molar-refractivity contribution in [2.75, 3.05) is 63.4 Å². The van der Waals surface area contributed by atoms with Crippen LogP contribution in [0.4, 0.5) is 0 Å². The van der Waals surface area contributed by atoms with Crippen LogP contribution in [0.5, 0.6) is 0 Å². The minimum absolute atomic E-state index is 0. The number of H-pyrrole nitrogens is 9. The molecular formula is C45H63Co3N42O18P3S3. The van der Waals surface area contributed by atoms with E-state index in [1.165, 1.54) is 0 Å². The summed E-state index contributed by atoms with van der Waals surface area (Å²) in [5.74, 6) is 0. The Morgan fingerprint density at radius 2 is 0.325 bits per heavy atom. The Kier molecular flexibility index (Phi) is 52.4. The van der Waals surface area contributed by atoms with Crippen LogP contribution in [0.3, 0.4) is 0 Å². The van der Waals surface area contributed by atoms with Gasteiger partial charge in [0.15, 0.2) is 0 Å². The first-order valence-electron chi connectivity index (χ1n) is 28.5. The van der Waals surface area contributed by atoms with Crippen LogP contribution in [0.1, 0.15) is 51.2 Å². The Hall–Kier alpha value is -13.2. The van der Waals surface area contributed by atoms with Gasteiger partial charge in [0.1, 0.15) is 51.2 Å². The zero-order valence-electron chi connectivity index (χ0n) is 59.3. The quantitative estimate of drug-likeness (QED) is 0.0154. The van der Waals surface area contributed by atoms with Gasteiger partial charge < -0.3 is 137 Å². The largest absolute Gasteiger partial charge is 2.00 e. The zero-order valence-corrected chi connectivity index (χ0v) is 67.5. The first kappa shape index (κ1) is 105. The Bertz CT molecular complexity index is 3620. The smallest absolute Gasteiger partial charge is 0.356 e. The van der Waals surface area contributed by atoms with Gasteiger partial charge in [-0.05, 0) is 35.4 Å². The van der Waals surface area contributed by atoms with Crippen LogP contribution >= 0.6 is 19.5 Å². The number of hydrazone groups is 9. The second-order valence-electron chi connectivity index (χ2n) is 18.4. The van der Waals surface area contributed by atoms with E-state index in [-0.39, 0.29) is 50.3 Å². The third kappa shape index (κ3) is 42.7. The number of hydrogen-bond acceptors (Lipinski definition) is 39. The maximum absolute atomic E-state index is 8.25. The molecule has 0 spiro atoms. The Morgan fingerprint density at radius 1 is 0.246 bits per heavy atom. The van der Waals surface area contributed by atoms with Gasteiger partial charge in [-0.15, -0.1) is 0 Å². The molecule has 3 radical (unpaired) electrons. The van der Waals surface area contributed by atoms with E-state index < -0.39 is 50.0 Å². The molecule has 0 aliphatic carbocycles. The molecule has 9 N–H and O–H groups in total. The summed E-state index contributed by atoms with van der Waals surface area (Å²) in [4.78, 5) is 113. The molecule has 0 atom stereocenters. The SMILES string of the molecule is CN(/N=C/c1c[nH]cn1)P(=S)(N(C)/N=C/c1c[nH]cn1)N(C)/N=C/c1c[nH]cn1.CN(/N=C/c1c[nH]cn1)P(=S)(N(C)/N=C/c1c[nH]cn1)N(C)/N=C/c1c[nH]cn1.CN(/N=C/c1c[nH]cn1)P(=S)(N(C)/N=C/c1c[nH]cn1)N(C)/N=C/c1c[nH]cn1.O=[N+]([O-])[O-].O=[N+]([O-])[O-].O=[N+]([O-])[O-].O=[N+]([O-])[O-].O=[N+]([O-])[O-].O=[N+]([O-])[O-].[Co+2].[Co+2].[Co+2]. The van der Waals surface area contributed by atoms with Crippen LogP contribution < -0.4 is 0 Å². The summed E-state index contributed by atoms with van der Waals surface area (Å²) in [5, 5.41) is 129. The monoisotopic (exact) mass is 1850 g/mol. The summed E-state index contributed by atoms with van der Waals surface area (Å²) in [6, 6.07) is 0. The Labute approximate surface area is 685 Å². The molecule has 9 aromatic heterocycles. The van der Waals surface area contributed by atoms with Crippen molar-refractivity contribution in [3.8, 4) is 0 Å². The molecular weight excluding hydrogens is 1780 g/mol. The average molecular weight is 1850 g/mol. The molecule has 9 rings (SSSR count). The van der Waals surface area contributed by atoms with E-state index in [0.29, 0.717) is 51.2 Å². The first-order chi connectivity index (χ1) is 52.4. The molecule has 69 heteroatoms. The van der Waals surface area contributed by atoms with Crippen molar-refractivity contribution in [1.29, 1.82) is 0 Å². The third-order valence-electron chi connectivity index (χ3n) is 11.3. The molecule has 9 heterocycles. The van der Waals surface area contributed by atoms with Gasteiger partial charge in [0, 0.05) is 119 Å². The summed E-state index contributed by atoms with van der Waals surface area (Å²) < 4.78 is 15.0. The van der Waals surface area contributed by atoms with E-state index in [2.05, 4.69) is 136 Å². The van der Waals surface area contributed by atoms with Gasteiger partial charge in [-0.1, -0.05) is 0 Å². The molecule has 9 aromatic rings. The molecule has 0 amide bonds. The number of imidazole rings is 9. The fourth-order valence-corrected chi connectivity index (χ4v) is 12.8. The van der Waals surface area contributed by atoms with Crippen LogP contribution in [0, 0.1) is 91.9 Å². The molecule has 0 aliphatic heterocycles. The fourth-order valence-electron chi connectivity index (χ4n) is 6.66. The standard InChI is InChI=1S/3C15H21N12PS.3Co.6NO3/c3*1-25(22-7-13-4-16-10-19-13)28(29,26(2)23-8-14-5-17-11-20-14)27(3)24-9-15-6-18-12-21-15;;;;6*2-1(3)4/h3*4-12H,1-3H3,(H,16,19)(H,17,20)(H,18,21);;;;;;;;;/q;;;3*+2;6*-1/b3*22-7+,23-8+,24-9+;;;;;;;;;. The number of nitrogens with zero attached hydrogens (tertiary/aromatic N) is 33. The molecule has 0 fully saturated rings. The number of hydrogen-bond donors (Lipinski definition) is 9. The van der Waals surface area contributed by atoms with E-state index in [0.717, 1.165) is 0 Å². The van der Waals surface area contributed by atoms with Crippen molar-refractivity contribution < 1.29 is 80.9 Å². The molecule has 60 nitrogen and oxygen atoms in total. The zero-order chi connectivity index (χ0) is 83.5. The molecule has 0 unspecified atom stereocenters. The van der Waals surface area contributed by atoms with Crippen molar-refractivity contribution in [1.82, 2.24) is 133 Å². The van der Waals surface area contributed by atoms with E-state index in [1.54, 1.807) is 275 Å². The summed E-state index contributed by atoms with van der Waals surface area (Å²) in [6.45, 7) is -8.17. The molecule has 0 aromatic carbocycles. The van der Waals surface area contributed by atoms with Gasteiger partial charge >= 0.3 is 50.3 Å². The van der Waals surface area contributed by atoms with Crippen LogP contribution in [0.25, 0.3) is 0 Å². The number of rotatable bonds is 27. The molecule has 0 saturated carbocycles. The maximum atomic E-state index is 8.25. The summed E-state index contributed by atoms with van der Waals surface area (Å²) in [5.41, 5.74) is 6.16. The van der Waals surface area contributed by atoms with Gasteiger partial charge in [0.25, 0.3) is 19.5 Å². The van der Waals surface area contributed by atoms with Gasteiger partial charge in [0.2, 0.25) is 0 Å². The summed E-state index contributed by atoms with van der Waals surface area (Å²) >= 11 is 18.1. The number of aromatic nitrogens is 18. The fraction of sp³-hybridized carbons (Fsp3) is 0.200. The normalized spacial score (nSPS) is 10.7. The number of nitrogens with one attached hydrogen (secondary N) is 9. The molecule has 0 saturated heterocycles. The van der Waals surface area contributed by atoms with Crippen molar-refractivity contribution >= 4 is 111 Å². The van der Waals surface area contributed by atoms with E-state index in [9.17, 15) is 0 Å². The number of aromatic amines is 9. The van der Waals surface area contributed by atoms with E-state index >= 15 is 0 Å². The summed E-state index contributed by atoms with van der Waals surface area (Å²) in [6.07, 6.45) is 44.4. The summed E-state index contributed by atoms with van der Waals surface area (Å²) in [7, 11) is 16.0.